The smallest absolute Gasteiger partial charge is 0.280 e. The molecule has 3 rings (SSSR count). The molecule has 0 aromatic carbocycles. The molecule has 0 spiro atoms. The third-order valence-electron chi connectivity index (χ3n) is 3.64. The quantitative estimate of drug-likeness (QED) is 0.414. The molecule has 4 atom stereocenters. The lowest BCUT2D eigenvalue weighted by molar-refractivity contribution is -0.0950. The van der Waals surface area contributed by atoms with Crippen molar-refractivity contribution >= 4 is 17.1 Å². The van der Waals surface area contributed by atoms with Crippen LogP contribution in [0.5, 0.6) is 0 Å². The number of hydrogen-bond donors (Lipinski definition) is 5. The summed E-state index contributed by atoms with van der Waals surface area (Å²) in [5.41, 5.74) is 3.44. The fourth-order valence-electron chi connectivity index (χ4n) is 2.50. The van der Waals surface area contributed by atoms with Gasteiger partial charge in [0.25, 0.3) is 5.56 Å². The molecular weight excluding hydrogens is 282 g/mol. The first-order valence-corrected chi connectivity index (χ1v) is 6.25. The molecule has 1 saturated heterocycles. The van der Waals surface area contributed by atoms with E-state index in [0.717, 1.165) is 0 Å². The van der Waals surface area contributed by atoms with Gasteiger partial charge in [0.05, 0.1) is 12.9 Å². The monoisotopic (exact) mass is 297 g/mol. The van der Waals surface area contributed by atoms with Crippen LogP contribution in [0.15, 0.2) is 11.1 Å². The van der Waals surface area contributed by atoms with Gasteiger partial charge in [0.15, 0.2) is 17.4 Å². The minimum absolute atomic E-state index is 0.0329. The number of rotatable bonds is 2. The van der Waals surface area contributed by atoms with Crippen molar-refractivity contribution in [3.05, 3.63) is 16.7 Å². The second kappa shape index (κ2) is 4.49. The highest BCUT2D eigenvalue weighted by atomic mass is 16.6. The normalized spacial score (nSPS) is 32.9. The molecule has 1 aliphatic rings. The molecule has 0 radical (unpaired) electrons. The zero-order chi connectivity index (χ0) is 15.4. The number of H-pyrrole nitrogens is 1. The van der Waals surface area contributed by atoms with Gasteiger partial charge in [-0.15, -0.1) is 0 Å². The number of nitrogen functional groups attached to an aromatic ring is 1. The Balaban J connectivity index is 2.15. The first-order valence-electron chi connectivity index (χ1n) is 6.25. The van der Waals surface area contributed by atoms with Gasteiger partial charge in [-0.25, -0.2) is 4.98 Å². The molecule has 1 fully saturated rings. The minimum atomic E-state index is -1.69. The molecule has 0 bridgehead atoms. The number of aromatic amines is 1. The van der Waals surface area contributed by atoms with Crippen LogP contribution in [0.2, 0.25) is 0 Å². The molecule has 0 unspecified atom stereocenters. The van der Waals surface area contributed by atoms with Crippen molar-refractivity contribution in [3.8, 4) is 0 Å². The number of hydrogen-bond acceptors (Lipinski definition) is 8. The molecule has 0 saturated carbocycles. The van der Waals surface area contributed by atoms with E-state index in [1.54, 1.807) is 0 Å². The molecule has 6 N–H and O–H groups in total. The van der Waals surface area contributed by atoms with Crippen LogP contribution in [0.3, 0.4) is 0 Å². The van der Waals surface area contributed by atoms with E-state index < -0.39 is 36.2 Å². The fraction of sp³-hybridized carbons (Fsp3) is 0.545. The number of nitrogens with two attached hydrogens (primary N) is 1. The number of aliphatic hydroxyl groups excluding tert-OH is 2. The summed E-state index contributed by atoms with van der Waals surface area (Å²) in [4.78, 5) is 21.9. The third kappa shape index (κ3) is 1.92. The van der Waals surface area contributed by atoms with Crippen LogP contribution in [-0.2, 0) is 4.74 Å². The Bertz CT molecular complexity index is 738. The van der Waals surface area contributed by atoms with E-state index in [0.29, 0.717) is 0 Å². The Morgan fingerprint density at radius 2 is 2.33 bits per heavy atom. The Morgan fingerprint density at radius 1 is 1.62 bits per heavy atom. The molecule has 2 aromatic rings. The van der Waals surface area contributed by atoms with Gasteiger partial charge in [0.2, 0.25) is 5.95 Å². The Kier molecular flexibility index (Phi) is 2.99. The van der Waals surface area contributed by atoms with Gasteiger partial charge < -0.3 is 25.8 Å². The summed E-state index contributed by atoms with van der Waals surface area (Å²) in [6.45, 7) is 0.900. The summed E-state index contributed by atoms with van der Waals surface area (Å²) in [5, 5.41) is 29.6. The molecule has 0 amide bonds. The molecule has 114 valence electrons. The highest BCUT2D eigenvalue weighted by Gasteiger charge is 2.53. The SMILES string of the molecule is C[C@]1(O)[C@@H](O)[C@@H](CO)O[C@H]1n1cnc2c(=O)[nH]c(N)nc21. The maximum Gasteiger partial charge on any atom is 0.280 e. The summed E-state index contributed by atoms with van der Waals surface area (Å²) in [6, 6.07) is 0. The van der Waals surface area contributed by atoms with Crippen molar-refractivity contribution in [2.24, 2.45) is 0 Å². The van der Waals surface area contributed by atoms with Gasteiger partial charge in [0, 0.05) is 0 Å². The van der Waals surface area contributed by atoms with Crippen LogP contribution >= 0.6 is 0 Å². The van der Waals surface area contributed by atoms with Crippen molar-refractivity contribution in [1.29, 1.82) is 0 Å². The number of aromatic nitrogens is 4. The lowest BCUT2D eigenvalue weighted by atomic mass is 9.96. The summed E-state index contributed by atoms with van der Waals surface area (Å²) in [6.07, 6.45) is -2.06. The van der Waals surface area contributed by atoms with Crippen molar-refractivity contribution in [3.63, 3.8) is 0 Å². The van der Waals surface area contributed by atoms with Crippen LogP contribution in [-0.4, -0.2) is 59.3 Å². The molecule has 10 heteroatoms. The predicted octanol–water partition coefficient (Wildman–Crippen LogP) is -2.30. The summed E-state index contributed by atoms with van der Waals surface area (Å²) in [5.74, 6) is -0.105. The Labute approximate surface area is 117 Å². The zero-order valence-electron chi connectivity index (χ0n) is 11.1. The highest BCUT2D eigenvalue weighted by Crippen LogP contribution is 2.38. The number of ether oxygens (including phenoxy) is 1. The van der Waals surface area contributed by atoms with Crippen molar-refractivity contribution < 1.29 is 20.1 Å². The van der Waals surface area contributed by atoms with Gasteiger partial charge in [-0.2, -0.15) is 4.98 Å². The Hall–Kier alpha value is -2.01. The number of fused-ring (bicyclic) bond motifs is 1. The van der Waals surface area contributed by atoms with Crippen LogP contribution in [0.4, 0.5) is 5.95 Å². The fourth-order valence-corrected chi connectivity index (χ4v) is 2.50. The first-order chi connectivity index (χ1) is 9.86. The van der Waals surface area contributed by atoms with E-state index >= 15 is 0 Å². The van der Waals surface area contributed by atoms with Gasteiger partial charge >= 0.3 is 0 Å². The van der Waals surface area contributed by atoms with Crippen molar-refractivity contribution in [2.45, 2.75) is 31.0 Å². The topological polar surface area (TPSA) is 160 Å². The van der Waals surface area contributed by atoms with Crippen LogP contribution in [0.25, 0.3) is 11.2 Å². The molecule has 3 heterocycles. The largest absolute Gasteiger partial charge is 0.394 e. The molecule has 10 nitrogen and oxygen atoms in total. The number of imidazole rings is 1. The van der Waals surface area contributed by atoms with Gasteiger partial charge in [-0.05, 0) is 6.92 Å². The van der Waals surface area contributed by atoms with E-state index in [2.05, 4.69) is 15.0 Å². The zero-order valence-corrected chi connectivity index (χ0v) is 11.1. The number of nitrogens with zero attached hydrogens (tertiary/aromatic N) is 3. The van der Waals surface area contributed by atoms with E-state index in [1.165, 1.54) is 17.8 Å². The molecular formula is C11H15N5O5. The lowest BCUT2D eigenvalue weighted by Gasteiger charge is -2.27. The van der Waals surface area contributed by atoms with Crippen molar-refractivity contribution in [2.75, 3.05) is 12.3 Å². The number of nitrogens with one attached hydrogen (secondary N) is 1. The Morgan fingerprint density at radius 3 is 2.95 bits per heavy atom. The molecule has 21 heavy (non-hydrogen) atoms. The summed E-state index contributed by atoms with van der Waals surface area (Å²) in [7, 11) is 0. The van der Waals surface area contributed by atoms with Gasteiger partial charge in [-0.1, -0.05) is 0 Å². The number of anilines is 1. The third-order valence-corrected chi connectivity index (χ3v) is 3.64. The van der Waals surface area contributed by atoms with E-state index in [-0.39, 0.29) is 17.1 Å². The maximum absolute atomic E-state index is 11.7. The van der Waals surface area contributed by atoms with Gasteiger partial charge in [-0.3, -0.25) is 14.3 Å². The highest BCUT2D eigenvalue weighted by molar-refractivity contribution is 5.70. The average Bonchev–Trinajstić information content (AvgIpc) is 2.91. The van der Waals surface area contributed by atoms with Gasteiger partial charge in [0.1, 0.15) is 17.8 Å². The van der Waals surface area contributed by atoms with E-state index in [9.17, 15) is 20.1 Å². The predicted molar refractivity (Wildman–Crippen MR) is 70.2 cm³/mol. The van der Waals surface area contributed by atoms with Crippen molar-refractivity contribution in [1.82, 2.24) is 19.5 Å². The number of aliphatic hydroxyl groups is 3. The lowest BCUT2D eigenvalue weighted by Crippen LogP contribution is -2.44. The van der Waals surface area contributed by atoms with Crippen LogP contribution in [0.1, 0.15) is 13.2 Å². The minimum Gasteiger partial charge on any atom is -0.394 e. The second-order valence-electron chi connectivity index (χ2n) is 5.16. The molecule has 0 aliphatic carbocycles. The average molecular weight is 297 g/mol. The first kappa shape index (κ1) is 13.9. The standard InChI is InChI=1S/C11H15N5O5/c1-11(20)6(18)4(2-17)21-9(11)16-3-13-5-7(16)14-10(12)15-8(5)19/h3-4,6,9,17-18,20H,2H2,1H3,(H3,12,14,15,19)/t4-,6+,9-,11+/m1/s1. The van der Waals surface area contributed by atoms with E-state index in [4.69, 9.17) is 10.5 Å². The molecule has 1 aliphatic heterocycles. The van der Waals surface area contributed by atoms with E-state index in [1.807, 2.05) is 0 Å². The van der Waals surface area contributed by atoms with Crippen LogP contribution < -0.4 is 11.3 Å². The molecule has 2 aromatic heterocycles. The van der Waals surface area contributed by atoms with Crippen LogP contribution in [0, 0.1) is 0 Å². The summed E-state index contributed by atoms with van der Waals surface area (Å²) < 4.78 is 6.76. The summed E-state index contributed by atoms with van der Waals surface area (Å²) >= 11 is 0. The second-order valence-corrected chi connectivity index (χ2v) is 5.16. The maximum atomic E-state index is 11.7.